The topological polar surface area (TPSA) is 42.7 Å². The number of hydrogen-bond acceptors (Lipinski definition) is 3. The Morgan fingerprint density at radius 3 is 2.71 bits per heavy atom. The van der Waals surface area contributed by atoms with E-state index in [1.54, 1.807) is 0 Å². The van der Waals surface area contributed by atoms with Crippen molar-refractivity contribution >= 4 is 28.5 Å². The minimum absolute atomic E-state index is 0.686. The average molecular weight is 301 g/mol. The zero-order valence-corrected chi connectivity index (χ0v) is 13.1. The number of nitrogens with zero attached hydrogens (tertiary/aromatic N) is 3. The molecule has 5 heteroatoms. The third kappa shape index (κ3) is 2.72. The number of aryl methyl sites for hydroxylation is 3. The molecule has 0 bridgehead atoms. The highest BCUT2D eigenvalue weighted by molar-refractivity contribution is 6.31. The fourth-order valence-corrected chi connectivity index (χ4v) is 2.42. The van der Waals surface area contributed by atoms with E-state index in [0.29, 0.717) is 11.6 Å². The molecule has 4 nitrogen and oxygen atoms in total. The number of imidazole rings is 1. The summed E-state index contributed by atoms with van der Waals surface area (Å²) in [5.74, 6) is 1.85. The lowest BCUT2D eigenvalue weighted by atomic mass is 10.2. The van der Waals surface area contributed by atoms with Crippen LogP contribution in [0.3, 0.4) is 0 Å². The van der Waals surface area contributed by atoms with E-state index in [4.69, 9.17) is 11.6 Å². The first-order valence-corrected chi connectivity index (χ1v) is 7.21. The predicted molar refractivity (Wildman–Crippen MR) is 86.8 cm³/mol. The van der Waals surface area contributed by atoms with E-state index < -0.39 is 0 Å². The van der Waals surface area contributed by atoms with Crippen molar-refractivity contribution in [3.8, 4) is 0 Å². The molecule has 1 N–H and O–H groups in total. The molecule has 0 spiro atoms. The number of hydrogen-bond donors (Lipinski definition) is 1. The van der Waals surface area contributed by atoms with Gasteiger partial charge in [-0.15, -0.1) is 0 Å². The lowest BCUT2D eigenvalue weighted by Crippen LogP contribution is -2.02. The summed E-state index contributed by atoms with van der Waals surface area (Å²) in [4.78, 5) is 8.96. The van der Waals surface area contributed by atoms with Gasteiger partial charge >= 0.3 is 0 Å². The van der Waals surface area contributed by atoms with Gasteiger partial charge in [-0.25, -0.2) is 9.97 Å². The van der Waals surface area contributed by atoms with Gasteiger partial charge in [0.05, 0.1) is 21.7 Å². The Kier molecular flexibility index (Phi) is 3.55. The van der Waals surface area contributed by atoms with Crippen molar-refractivity contribution in [2.45, 2.75) is 20.4 Å². The highest BCUT2D eigenvalue weighted by atomic mass is 35.5. The van der Waals surface area contributed by atoms with Crippen LogP contribution in [0.1, 0.15) is 17.1 Å². The Balaban J connectivity index is 1.80. The van der Waals surface area contributed by atoms with Gasteiger partial charge in [0.25, 0.3) is 0 Å². The first kappa shape index (κ1) is 13.9. The van der Waals surface area contributed by atoms with Gasteiger partial charge in [-0.3, -0.25) is 0 Å². The van der Waals surface area contributed by atoms with Crippen LogP contribution in [0.5, 0.6) is 0 Å². The summed E-state index contributed by atoms with van der Waals surface area (Å²) in [6.07, 6.45) is 0. The molecule has 0 aliphatic heterocycles. The van der Waals surface area contributed by atoms with Crippen molar-refractivity contribution in [2.24, 2.45) is 7.05 Å². The van der Waals surface area contributed by atoms with E-state index in [1.807, 2.05) is 33.0 Å². The predicted octanol–water partition coefficient (Wildman–Crippen LogP) is 3.85. The molecule has 0 saturated carbocycles. The number of rotatable bonds is 3. The standard InChI is InChI=1S/C16H17ClN4/c1-10-13(17)5-7-16(19-10)18-9-12-4-6-15-14(8-12)20-11(2)21(15)3/h4-8H,9H2,1-3H3,(H,18,19). The number of benzene rings is 1. The number of aromatic nitrogens is 3. The smallest absolute Gasteiger partial charge is 0.126 e. The molecule has 2 heterocycles. The zero-order valence-electron chi connectivity index (χ0n) is 12.3. The minimum Gasteiger partial charge on any atom is -0.366 e. The molecule has 0 saturated heterocycles. The van der Waals surface area contributed by atoms with Crippen molar-refractivity contribution in [3.05, 3.63) is 52.4 Å². The van der Waals surface area contributed by atoms with Crippen molar-refractivity contribution in [1.82, 2.24) is 14.5 Å². The second-order valence-electron chi connectivity index (χ2n) is 5.16. The summed E-state index contributed by atoms with van der Waals surface area (Å²) in [6.45, 7) is 4.62. The fourth-order valence-electron chi connectivity index (χ4n) is 2.31. The molecule has 1 aromatic carbocycles. The first-order chi connectivity index (χ1) is 10.0. The quantitative estimate of drug-likeness (QED) is 0.799. The molecule has 3 rings (SSSR count). The number of fused-ring (bicyclic) bond motifs is 1. The maximum atomic E-state index is 5.98. The molecular weight excluding hydrogens is 284 g/mol. The maximum absolute atomic E-state index is 5.98. The van der Waals surface area contributed by atoms with Crippen molar-refractivity contribution < 1.29 is 0 Å². The van der Waals surface area contributed by atoms with Gasteiger partial charge in [0.2, 0.25) is 0 Å². The van der Waals surface area contributed by atoms with Crippen LogP contribution in [0.25, 0.3) is 11.0 Å². The zero-order chi connectivity index (χ0) is 15.0. The van der Waals surface area contributed by atoms with Crippen LogP contribution in [0.15, 0.2) is 30.3 Å². The first-order valence-electron chi connectivity index (χ1n) is 6.83. The molecule has 0 aliphatic rings. The van der Waals surface area contributed by atoms with Crippen LogP contribution in [0.4, 0.5) is 5.82 Å². The van der Waals surface area contributed by atoms with Crippen molar-refractivity contribution in [2.75, 3.05) is 5.32 Å². The van der Waals surface area contributed by atoms with E-state index in [-0.39, 0.29) is 0 Å². The highest BCUT2D eigenvalue weighted by Crippen LogP contribution is 2.18. The summed E-state index contributed by atoms with van der Waals surface area (Å²) < 4.78 is 2.09. The van der Waals surface area contributed by atoms with Gasteiger partial charge < -0.3 is 9.88 Å². The van der Waals surface area contributed by atoms with Crippen LogP contribution in [-0.2, 0) is 13.6 Å². The lowest BCUT2D eigenvalue weighted by Gasteiger charge is -2.07. The molecule has 0 fully saturated rings. The Labute approximate surface area is 128 Å². The highest BCUT2D eigenvalue weighted by Gasteiger charge is 2.05. The van der Waals surface area contributed by atoms with Gasteiger partial charge in [-0.05, 0) is 43.7 Å². The van der Waals surface area contributed by atoms with Crippen LogP contribution < -0.4 is 5.32 Å². The SMILES string of the molecule is Cc1nc(NCc2ccc3c(c2)nc(C)n3C)ccc1Cl. The van der Waals surface area contributed by atoms with Crippen molar-refractivity contribution in [3.63, 3.8) is 0 Å². The molecular formula is C16H17ClN4. The van der Waals surface area contributed by atoms with Crippen LogP contribution >= 0.6 is 11.6 Å². The van der Waals surface area contributed by atoms with Gasteiger partial charge in [0.15, 0.2) is 0 Å². The molecule has 2 aromatic heterocycles. The van der Waals surface area contributed by atoms with Crippen LogP contribution in [0.2, 0.25) is 5.02 Å². The van der Waals surface area contributed by atoms with Gasteiger partial charge in [0.1, 0.15) is 11.6 Å². The lowest BCUT2D eigenvalue weighted by molar-refractivity contribution is 0.886. The third-order valence-electron chi connectivity index (χ3n) is 3.66. The van der Waals surface area contributed by atoms with E-state index in [1.165, 1.54) is 5.56 Å². The normalized spacial score (nSPS) is 11.0. The van der Waals surface area contributed by atoms with E-state index in [0.717, 1.165) is 28.4 Å². The minimum atomic E-state index is 0.686. The Morgan fingerprint density at radius 1 is 1.14 bits per heavy atom. The fraction of sp³-hybridized carbons (Fsp3) is 0.250. The summed E-state index contributed by atoms with van der Waals surface area (Å²) in [7, 11) is 2.03. The summed E-state index contributed by atoms with van der Waals surface area (Å²) in [5.41, 5.74) is 4.18. The van der Waals surface area contributed by atoms with E-state index in [2.05, 4.69) is 38.1 Å². The maximum Gasteiger partial charge on any atom is 0.126 e. The van der Waals surface area contributed by atoms with Crippen molar-refractivity contribution in [1.29, 1.82) is 0 Å². The second kappa shape index (κ2) is 5.37. The molecule has 0 atom stereocenters. The molecule has 21 heavy (non-hydrogen) atoms. The summed E-state index contributed by atoms with van der Waals surface area (Å²) in [6, 6.07) is 10.1. The van der Waals surface area contributed by atoms with E-state index >= 15 is 0 Å². The molecule has 0 unspecified atom stereocenters. The average Bonchev–Trinajstić information content (AvgIpc) is 2.75. The largest absolute Gasteiger partial charge is 0.366 e. The summed E-state index contributed by atoms with van der Waals surface area (Å²) >= 11 is 5.98. The van der Waals surface area contributed by atoms with Gasteiger partial charge in [-0.2, -0.15) is 0 Å². The van der Waals surface area contributed by atoms with Gasteiger partial charge in [0, 0.05) is 13.6 Å². The molecule has 0 amide bonds. The number of anilines is 1. The Bertz CT molecular complexity index is 807. The summed E-state index contributed by atoms with van der Waals surface area (Å²) in [5, 5.41) is 4.00. The molecule has 108 valence electrons. The monoisotopic (exact) mass is 300 g/mol. The Hall–Kier alpha value is -2.07. The number of pyridine rings is 1. The van der Waals surface area contributed by atoms with E-state index in [9.17, 15) is 0 Å². The molecule has 3 aromatic rings. The Morgan fingerprint density at radius 2 is 1.95 bits per heavy atom. The molecule has 0 aliphatic carbocycles. The van der Waals surface area contributed by atoms with Gasteiger partial charge in [-0.1, -0.05) is 17.7 Å². The number of nitrogens with one attached hydrogen (secondary N) is 1. The third-order valence-corrected chi connectivity index (χ3v) is 4.06. The van der Waals surface area contributed by atoms with Crippen LogP contribution in [0, 0.1) is 13.8 Å². The van der Waals surface area contributed by atoms with Crippen LogP contribution in [-0.4, -0.2) is 14.5 Å². The number of halogens is 1. The second-order valence-corrected chi connectivity index (χ2v) is 5.57. The molecule has 0 radical (unpaired) electrons.